The van der Waals surface area contributed by atoms with Gasteiger partial charge in [-0.3, -0.25) is 14.6 Å². The Balaban J connectivity index is 1.53. The van der Waals surface area contributed by atoms with Crippen LogP contribution < -0.4 is 5.32 Å². The first-order valence-electron chi connectivity index (χ1n) is 8.70. The van der Waals surface area contributed by atoms with Crippen molar-refractivity contribution in [3.05, 3.63) is 66.0 Å². The number of rotatable bonds is 3. The van der Waals surface area contributed by atoms with Crippen LogP contribution in [0.4, 0.5) is 0 Å². The van der Waals surface area contributed by atoms with Crippen LogP contribution in [0.1, 0.15) is 23.6 Å². The zero-order chi connectivity index (χ0) is 17.3. The third-order valence-corrected chi connectivity index (χ3v) is 5.50. The summed E-state index contributed by atoms with van der Waals surface area (Å²) in [4.78, 5) is 31.4. The number of aromatic nitrogens is 1. The summed E-state index contributed by atoms with van der Waals surface area (Å²) in [5.41, 5.74) is 1.44. The minimum atomic E-state index is -0.499. The summed E-state index contributed by atoms with van der Waals surface area (Å²) in [6.45, 7) is 1.76. The number of amides is 2. The van der Waals surface area contributed by atoms with E-state index in [9.17, 15) is 9.59 Å². The van der Waals surface area contributed by atoms with Gasteiger partial charge in [0.15, 0.2) is 0 Å². The summed E-state index contributed by atoms with van der Waals surface area (Å²) in [5.74, 6) is 0.241. The molecule has 2 aromatic rings. The lowest BCUT2D eigenvalue weighted by Crippen LogP contribution is -2.39. The molecular weight excluding hydrogens is 314 g/mol. The van der Waals surface area contributed by atoms with Gasteiger partial charge in [0.05, 0.1) is 11.8 Å². The Hall–Kier alpha value is -2.69. The molecule has 128 valence electrons. The van der Waals surface area contributed by atoms with Crippen LogP contribution in [0.2, 0.25) is 0 Å². The molecule has 0 aliphatic carbocycles. The van der Waals surface area contributed by atoms with Crippen molar-refractivity contribution in [3.63, 3.8) is 0 Å². The molecule has 4 rings (SSSR count). The van der Waals surface area contributed by atoms with Gasteiger partial charge in [-0.1, -0.05) is 36.4 Å². The Morgan fingerprint density at radius 2 is 2.00 bits per heavy atom. The summed E-state index contributed by atoms with van der Waals surface area (Å²) < 4.78 is 0. The predicted octanol–water partition coefficient (Wildman–Crippen LogP) is 1.76. The molecule has 2 atom stereocenters. The minimum absolute atomic E-state index is 0.0436. The van der Waals surface area contributed by atoms with Crippen LogP contribution in [-0.4, -0.2) is 41.3 Å². The molecule has 2 amide bonds. The van der Waals surface area contributed by atoms with Gasteiger partial charge in [0, 0.05) is 37.4 Å². The molecule has 5 heteroatoms. The molecule has 2 aliphatic heterocycles. The molecule has 2 saturated heterocycles. The Morgan fingerprint density at radius 1 is 1.20 bits per heavy atom. The van der Waals surface area contributed by atoms with Gasteiger partial charge in [-0.15, -0.1) is 0 Å². The average molecular weight is 335 g/mol. The Labute approximate surface area is 147 Å². The zero-order valence-corrected chi connectivity index (χ0v) is 14.0. The minimum Gasteiger partial charge on any atom is -0.355 e. The number of hydrogen-bond donors (Lipinski definition) is 1. The van der Waals surface area contributed by atoms with Crippen LogP contribution in [0.5, 0.6) is 0 Å². The lowest BCUT2D eigenvalue weighted by molar-refractivity contribution is -0.131. The molecule has 1 aromatic heterocycles. The normalized spacial score (nSPS) is 25.4. The fourth-order valence-corrected chi connectivity index (χ4v) is 4.13. The van der Waals surface area contributed by atoms with E-state index in [1.54, 1.807) is 6.20 Å². The molecule has 25 heavy (non-hydrogen) atoms. The van der Waals surface area contributed by atoms with Gasteiger partial charge >= 0.3 is 0 Å². The molecule has 2 aliphatic rings. The zero-order valence-electron chi connectivity index (χ0n) is 14.0. The molecule has 1 aromatic carbocycles. The average Bonchev–Trinajstić information content (AvgIpc) is 3.23. The van der Waals surface area contributed by atoms with Crippen LogP contribution in [-0.2, 0) is 16.0 Å². The maximum atomic E-state index is 12.7. The molecule has 3 heterocycles. The number of pyridine rings is 1. The molecular formula is C20H21N3O2. The summed E-state index contributed by atoms with van der Waals surface area (Å²) in [7, 11) is 0. The van der Waals surface area contributed by atoms with Crippen molar-refractivity contribution in [1.82, 2.24) is 15.2 Å². The first-order chi connectivity index (χ1) is 12.2. The Kier molecular flexibility index (Phi) is 3.99. The first-order valence-corrected chi connectivity index (χ1v) is 8.70. The second-order valence-electron chi connectivity index (χ2n) is 6.89. The number of benzene rings is 1. The second-order valence-corrected chi connectivity index (χ2v) is 6.89. The van der Waals surface area contributed by atoms with Crippen molar-refractivity contribution in [3.8, 4) is 0 Å². The largest absolute Gasteiger partial charge is 0.355 e. The van der Waals surface area contributed by atoms with E-state index in [2.05, 4.69) is 22.4 Å². The topological polar surface area (TPSA) is 62.3 Å². The van der Waals surface area contributed by atoms with E-state index < -0.39 is 5.41 Å². The van der Waals surface area contributed by atoms with E-state index in [-0.39, 0.29) is 24.2 Å². The summed E-state index contributed by atoms with van der Waals surface area (Å²) in [6.07, 6.45) is 2.70. The van der Waals surface area contributed by atoms with Crippen LogP contribution in [0.15, 0.2) is 54.7 Å². The van der Waals surface area contributed by atoms with Gasteiger partial charge in [-0.2, -0.15) is 0 Å². The third-order valence-electron chi connectivity index (χ3n) is 5.50. The second kappa shape index (κ2) is 6.31. The van der Waals surface area contributed by atoms with E-state index in [0.717, 1.165) is 5.69 Å². The standard InChI is InChI=1S/C20H21N3O2/c24-18(12-16-8-4-5-10-21-16)23-11-9-20(14-23)17(13-22-19(20)25)15-6-2-1-3-7-15/h1-8,10,17H,9,11-14H2,(H,22,25). The van der Waals surface area contributed by atoms with E-state index >= 15 is 0 Å². The van der Waals surface area contributed by atoms with Crippen molar-refractivity contribution < 1.29 is 9.59 Å². The third kappa shape index (κ3) is 2.80. The Morgan fingerprint density at radius 3 is 2.76 bits per heavy atom. The van der Waals surface area contributed by atoms with Crippen molar-refractivity contribution in [2.75, 3.05) is 19.6 Å². The van der Waals surface area contributed by atoms with Crippen LogP contribution in [0.25, 0.3) is 0 Å². The van der Waals surface area contributed by atoms with Gasteiger partial charge in [-0.05, 0) is 24.1 Å². The molecule has 2 unspecified atom stereocenters. The van der Waals surface area contributed by atoms with Crippen molar-refractivity contribution in [2.24, 2.45) is 5.41 Å². The van der Waals surface area contributed by atoms with Gasteiger partial charge in [0.1, 0.15) is 0 Å². The van der Waals surface area contributed by atoms with E-state index in [4.69, 9.17) is 0 Å². The van der Waals surface area contributed by atoms with Gasteiger partial charge in [-0.25, -0.2) is 0 Å². The van der Waals surface area contributed by atoms with Crippen LogP contribution in [0, 0.1) is 5.41 Å². The van der Waals surface area contributed by atoms with Crippen molar-refractivity contribution in [2.45, 2.75) is 18.8 Å². The van der Waals surface area contributed by atoms with E-state index in [0.29, 0.717) is 26.1 Å². The number of carbonyl (C=O) groups is 2. The molecule has 5 nitrogen and oxygen atoms in total. The lowest BCUT2D eigenvalue weighted by Gasteiger charge is -2.28. The van der Waals surface area contributed by atoms with E-state index in [1.807, 2.05) is 41.3 Å². The molecule has 0 radical (unpaired) electrons. The number of carbonyl (C=O) groups excluding carboxylic acids is 2. The monoisotopic (exact) mass is 335 g/mol. The smallest absolute Gasteiger partial charge is 0.228 e. The van der Waals surface area contributed by atoms with Crippen LogP contribution in [0.3, 0.4) is 0 Å². The molecule has 2 fully saturated rings. The quantitative estimate of drug-likeness (QED) is 0.930. The van der Waals surface area contributed by atoms with Crippen LogP contribution >= 0.6 is 0 Å². The highest BCUT2D eigenvalue weighted by molar-refractivity contribution is 5.89. The first kappa shape index (κ1) is 15.8. The van der Waals surface area contributed by atoms with Gasteiger partial charge in [0.2, 0.25) is 11.8 Å². The molecule has 1 N–H and O–H groups in total. The number of likely N-dealkylation sites (tertiary alicyclic amines) is 1. The van der Waals surface area contributed by atoms with Crippen molar-refractivity contribution in [1.29, 1.82) is 0 Å². The number of nitrogens with one attached hydrogen (secondary N) is 1. The highest BCUT2D eigenvalue weighted by Crippen LogP contribution is 2.46. The van der Waals surface area contributed by atoms with Gasteiger partial charge in [0.25, 0.3) is 0 Å². The molecule has 0 bridgehead atoms. The predicted molar refractivity (Wildman–Crippen MR) is 93.8 cm³/mol. The fourth-order valence-electron chi connectivity index (χ4n) is 4.13. The maximum Gasteiger partial charge on any atom is 0.228 e. The summed E-state index contributed by atoms with van der Waals surface area (Å²) in [6, 6.07) is 15.7. The maximum absolute atomic E-state index is 12.7. The van der Waals surface area contributed by atoms with Gasteiger partial charge < -0.3 is 10.2 Å². The van der Waals surface area contributed by atoms with Crippen molar-refractivity contribution >= 4 is 11.8 Å². The highest BCUT2D eigenvalue weighted by atomic mass is 16.2. The SMILES string of the molecule is O=C(Cc1ccccn1)N1CCC2(C1)C(=O)NCC2c1ccccc1. The fraction of sp³-hybridized carbons (Fsp3) is 0.350. The molecule has 0 saturated carbocycles. The highest BCUT2D eigenvalue weighted by Gasteiger charge is 2.55. The number of hydrogen-bond acceptors (Lipinski definition) is 3. The number of nitrogens with zero attached hydrogens (tertiary/aromatic N) is 2. The summed E-state index contributed by atoms with van der Waals surface area (Å²) >= 11 is 0. The Bertz CT molecular complexity index is 778. The van der Waals surface area contributed by atoms with E-state index in [1.165, 1.54) is 5.56 Å². The summed E-state index contributed by atoms with van der Waals surface area (Å²) in [5, 5.41) is 3.02. The molecule has 1 spiro atoms. The lowest BCUT2D eigenvalue weighted by atomic mass is 9.73.